The summed E-state index contributed by atoms with van der Waals surface area (Å²) in [5.74, 6) is 0.481. The Kier molecular flexibility index (Phi) is 6.74. The smallest absolute Gasteiger partial charge is 0.265 e. The number of thiophene rings is 1. The van der Waals surface area contributed by atoms with Crippen molar-refractivity contribution in [3.63, 3.8) is 0 Å². The van der Waals surface area contributed by atoms with Gasteiger partial charge in [-0.05, 0) is 54.3 Å². The lowest BCUT2D eigenvalue weighted by atomic mass is 10.2. The molecule has 0 bridgehead atoms. The van der Waals surface area contributed by atoms with Gasteiger partial charge in [0.25, 0.3) is 11.8 Å². The molecule has 29 heavy (non-hydrogen) atoms. The van der Waals surface area contributed by atoms with Crippen LogP contribution < -0.4 is 20.1 Å². The first-order valence-corrected chi connectivity index (χ1v) is 9.93. The lowest BCUT2D eigenvalue weighted by Crippen LogP contribution is -2.20. The molecule has 2 N–H and O–H groups in total. The molecule has 0 radical (unpaired) electrons. The maximum atomic E-state index is 12.2. The van der Waals surface area contributed by atoms with E-state index in [1.165, 1.54) is 18.4 Å². The number of hydrogen-bond acceptors (Lipinski definition) is 5. The molecule has 0 aliphatic rings. The third kappa shape index (κ3) is 5.49. The van der Waals surface area contributed by atoms with Gasteiger partial charge in [-0.1, -0.05) is 17.7 Å². The fourth-order valence-electron chi connectivity index (χ4n) is 2.58. The van der Waals surface area contributed by atoms with E-state index in [-0.39, 0.29) is 18.4 Å². The van der Waals surface area contributed by atoms with Gasteiger partial charge in [-0.2, -0.15) is 0 Å². The molecule has 0 aliphatic heterocycles. The number of nitrogens with one attached hydrogen (secondary N) is 2. The summed E-state index contributed by atoms with van der Waals surface area (Å²) in [6.45, 7) is 1.70. The number of aryl methyl sites for hydroxylation is 1. The number of rotatable bonds is 7. The van der Waals surface area contributed by atoms with Gasteiger partial charge in [0.05, 0.1) is 17.7 Å². The number of hydrogen-bond donors (Lipinski definition) is 2. The second kappa shape index (κ2) is 9.45. The summed E-state index contributed by atoms with van der Waals surface area (Å²) >= 11 is 7.27. The summed E-state index contributed by atoms with van der Waals surface area (Å²) < 4.78 is 10.9. The molecule has 0 saturated carbocycles. The van der Waals surface area contributed by atoms with Gasteiger partial charge in [0, 0.05) is 16.8 Å². The van der Waals surface area contributed by atoms with E-state index in [2.05, 4.69) is 10.6 Å². The molecule has 0 fully saturated rings. The van der Waals surface area contributed by atoms with Crippen molar-refractivity contribution in [2.75, 3.05) is 24.4 Å². The van der Waals surface area contributed by atoms with Gasteiger partial charge in [0.1, 0.15) is 11.5 Å². The van der Waals surface area contributed by atoms with E-state index in [9.17, 15) is 9.59 Å². The molecule has 0 spiro atoms. The standard InChI is InChI=1S/C21H19ClN2O4S/c1-13-10-14(22)5-8-17(13)28-12-20(25)23-15-6-7-16(18(11-15)27-2)24-21(26)19-4-3-9-29-19/h3-11H,12H2,1-2H3,(H,23,25)(H,24,26). The van der Waals surface area contributed by atoms with Gasteiger partial charge >= 0.3 is 0 Å². The molecule has 1 aromatic heterocycles. The fourth-order valence-corrected chi connectivity index (χ4v) is 3.42. The Morgan fingerprint density at radius 2 is 1.90 bits per heavy atom. The quantitative estimate of drug-likeness (QED) is 0.553. The van der Waals surface area contributed by atoms with Crippen LogP contribution in [0.1, 0.15) is 15.2 Å². The van der Waals surface area contributed by atoms with E-state index in [4.69, 9.17) is 21.1 Å². The van der Waals surface area contributed by atoms with E-state index in [0.717, 1.165) is 5.56 Å². The van der Waals surface area contributed by atoms with Gasteiger partial charge in [-0.15, -0.1) is 11.3 Å². The Labute approximate surface area is 177 Å². The van der Waals surface area contributed by atoms with Gasteiger partial charge in [0.15, 0.2) is 6.61 Å². The third-order valence-electron chi connectivity index (χ3n) is 3.97. The zero-order valence-corrected chi connectivity index (χ0v) is 17.4. The van der Waals surface area contributed by atoms with Crippen LogP contribution in [-0.4, -0.2) is 25.5 Å². The summed E-state index contributed by atoms with van der Waals surface area (Å²) in [4.78, 5) is 25.0. The van der Waals surface area contributed by atoms with Crippen LogP contribution in [0.5, 0.6) is 11.5 Å². The number of halogens is 1. The number of methoxy groups -OCH3 is 1. The summed E-state index contributed by atoms with van der Waals surface area (Å²) in [5, 5.41) is 7.99. The highest BCUT2D eigenvalue weighted by Crippen LogP contribution is 2.29. The maximum absolute atomic E-state index is 12.2. The van der Waals surface area contributed by atoms with E-state index in [1.54, 1.807) is 42.5 Å². The average Bonchev–Trinajstić information content (AvgIpc) is 3.23. The van der Waals surface area contributed by atoms with Crippen molar-refractivity contribution in [2.24, 2.45) is 0 Å². The van der Waals surface area contributed by atoms with Crippen molar-refractivity contribution in [3.05, 3.63) is 69.4 Å². The molecule has 0 atom stereocenters. The van der Waals surface area contributed by atoms with Crippen LogP contribution in [0.4, 0.5) is 11.4 Å². The normalized spacial score (nSPS) is 10.3. The largest absolute Gasteiger partial charge is 0.494 e. The maximum Gasteiger partial charge on any atom is 0.265 e. The second-order valence-electron chi connectivity index (χ2n) is 6.09. The summed E-state index contributed by atoms with van der Waals surface area (Å²) in [7, 11) is 1.49. The van der Waals surface area contributed by atoms with Crippen LogP contribution in [-0.2, 0) is 4.79 Å². The molecular weight excluding hydrogens is 412 g/mol. The Bertz CT molecular complexity index is 1020. The molecule has 3 aromatic rings. The van der Waals surface area contributed by atoms with Gasteiger partial charge in [-0.25, -0.2) is 0 Å². The predicted octanol–water partition coefficient (Wildman–Crippen LogP) is 4.99. The first-order chi connectivity index (χ1) is 14.0. The Balaban J connectivity index is 1.61. The predicted molar refractivity (Wildman–Crippen MR) is 116 cm³/mol. The summed E-state index contributed by atoms with van der Waals surface area (Å²) in [6, 6.07) is 13.7. The Morgan fingerprint density at radius 1 is 1.07 bits per heavy atom. The van der Waals surface area contributed by atoms with Gasteiger partial charge < -0.3 is 20.1 Å². The zero-order chi connectivity index (χ0) is 20.8. The van der Waals surface area contributed by atoms with Crippen LogP contribution in [0.25, 0.3) is 0 Å². The Morgan fingerprint density at radius 3 is 2.59 bits per heavy atom. The minimum atomic E-state index is -0.322. The van der Waals surface area contributed by atoms with E-state index in [1.807, 2.05) is 18.4 Å². The van der Waals surface area contributed by atoms with Crippen molar-refractivity contribution in [1.29, 1.82) is 0 Å². The lowest BCUT2D eigenvalue weighted by molar-refractivity contribution is -0.118. The molecule has 6 nitrogen and oxygen atoms in total. The van der Waals surface area contributed by atoms with Crippen LogP contribution in [0, 0.1) is 6.92 Å². The fraction of sp³-hybridized carbons (Fsp3) is 0.143. The summed E-state index contributed by atoms with van der Waals surface area (Å²) in [6.07, 6.45) is 0. The molecule has 2 aromatic carbocycles. The average molecular weight is 431 g/mol. The molecule has 2 amide bonds. The monoisotopic (exact) mass is 430 g/mol. The van der Waals surface area contributed by atoms with E-state index < -0.39 is 0 Å². The van der Waals surface area contributed by atoms with Crippen molar-refractivity contribution in [1.82, 2.24) is 0 Å². The third-order valence-corrected chi connectivity index (χ3v) is 5.08. The minimum Gasteiger partial charge on any atom is -0.494 e. The number of carbonyl (C=O) groups is 2. The van der Waals surface area contributed by atoms with Crippen LogP contribution in [0.3, 0.4) is 0 Å². The zero-order valence-electron chi connectivity index (χ0n) is 15.8. The molecule has 0 saturated heterocycles. The molecule has 0 unspecified atom stereocenters. The molecule has 0 aliphatic carbocycles. The van der Waals surface area contributed by atoms with Crippen LogP contribution in [0.15, 0.2) is 53.9 Å². The highest BCUT2D eigenvalue weighted by Gasteiger charge is 2.12. The molecule has 150 valence electrons. The highest BCUT2D eigenvalue weighted by molar-refractivity contribution is 7.12. The number of anilines is 2. The van der Waals surface area contributed by atoms with Crippen LogP contribution in [0.2, 0.25) is 5.02 Å². The first kappa shape index (κ1) is 20.7. The van der Waals surface area contributed by atoms with Crippen molar-refractivity contribution in [3.8, 4) is 11.5 Å². The van der Waals surface area contributed by atoms with Crippen molar-refractivity contribution < 1.29 is 19.1 Å². The summed E-state index contributed by atoms with van der Waals surface area (Å²) in [5.41, 5.74) is 1.88. The Hall–Kier alpha value is -3.03. The molecule has 8 heteroatoms. The molecular formula is C21H19ClN2O4S. The van der Waals surface area contributed by atoms with Gasteiger partial charge in [-0.3, -0.25) is 9.59 Å². The minimum absolute atomic E-state index is 0.151. The number of carbonyl (C=O) groups excluding carboxylic acids is 2. The SMILES string of the molecule is COc1cc(NC(=O)COc2ccc(Cl)cc2C)ccc1NC(=O)c1cccs1. The first-order valence-electron chi connectivity index (χ1n) is 8.68. The molecule has 3 rings (SSSR count). The number of ether oxygens (including phenoxy) is 2. The number of amides is 2. The van der Waals surface area contributed by atoms with Crippen LogP contribution >= 0.6 is 22.9 Å². The van der Waals surface area contributed by atoms with E-state index >= 15 is 0 Å². The number of benzene rings is 2. The molecule has 1 heterocycles. The lowest BCUT2D eigenvalue weighted by Gasteiger charge is -2.13. The van der Waals surface area contributed by atoms with Gasteiger partial charge in [0.2, 0.25) is 0 Å². The van der Waals surface area contributed by atoms with Crippen molar-refractivity contribution in [2.45, 2.75) is 6.92 Å². The van der Waals surface area contributed by atoms with E-state index in [0.29, 0.717) is 32.8 Å². The highest BCUT2D eigenvalue weighted by atomic mass is 35.5. The second-order valence-corrected chi connectivity index (χ2v) is 7.48. The topological polar surface area (TPSA) is 76.7 Å². The van der Waals surface area contributed by atoms with Crippen molar-refractivity contribution >= 4 is 46.1 Å².